The zero-order valence-electron chi connectivity index (χ0n) is 24.0. The maximum atomic E-state index is 14.1. The fraction of sp³-hybridized carbons (Fsp3) is 0.406. The Morgan fingerprint density at radius 1 is 0.767 bits per heavy atom. The lowest BCUT2D eigenvalue weighted by molar-refractivity contribution is -0.213. The molecule has 5 nitrogen and oxygen atoms in total. The number of benzene rings is 3. The summed E-state index contributed by atoms with van der Waals surface area (Å²) in [7, 11) is -6.53. The molecule has 0 spiro atoms. The molecule has 0 aliphatic heterocycles. The van der Waals surface area contributed by atoms with Crippen LogP contribution in [0, 0.1) is 23.2 Å². The number of carbonyl (C=O) groups excluding carboxylic acids is 1. The highest BCUT2D eigenvalue weighted by molar-refractivity contribution is 7.97. The molecular weight excluding hydrogens is 604 g/mol. The smallest absolute Gasteiger partial charge is 0.396 e. The Labute approximate surface area is 252 Å². The number of hydrogen-bond donors (Lipinski definition) is 0. The van der Waals surface area contributed by atoms with Crippen LogP contribution in [-0.2, 0) is 30.5 Å². The monoisotopic (exact) mass is 638 g/mol. The zero-order valence-corrected chi connectivity index (χ0v) is 25.6. The van der Waals surface area contributed by atoms with Crippen molar-refractivity contribution in [1.29, 1.82) is 0 Å². The fourth-order valence-electron chi connectivity index (χ4n) is 5.61. The highest BCUT2D eigenvalue weighted by Crippen LogP contribution is 2.59. The summed E-state index contributed by atoms with van der Waals surface area (Å²) >= 11 is 0. The van der Waals surface area contributed by atoms with Gasteiger partial charge in [-0.05, 0) is 82.3 Å². The number of halogens is 4. The van der Waals surface area contributed by atoms with Crippen molar-refractivity contribution in [2.24, 2.45) is 23.2 Å². The molecule has 2 aliphatic carbocycles. The van der Waals surface area contributed by atoms with E-state index in [0.717, 1.165) is 0 Å². The molecule has 2 aliphatic rings. The van der Waals surface area contributed by atoms with Crippen molar-refractivity contribution in [3.05, 3.63) is 91.0 Å². The lowest BCUT2D eigenvalue weighted by atomic mass is 9.82. The first-order valence-corrected chi connectivity index (χ1v) is 16.5. The molecule has 232 valence electrons. The summed E-state index contributed by atoms with van der Waals surface area (Å²) in [5.41, 5.74) is -0.887. The first kappa shape index (κ1) is 33.0. The van der Waals surface area contributed by atoms with Crippen LogP contribution in [0.15, 0.2) is 106 Å². The molecule has 2 fully saturated rings. The van der Waals surface area contributed by atoms with Crippen LogP contribution in [0.3, 0.4) is 0 Å². The molecule has 0 N–H and O–H groups in total. The highest BCUT2D eigenvalue weighted by Gasteiger charge is 2.70. The van der Waals surface area contributed by atoms with E-state index in [9.17, 15) is 35.3 Å². The summed E-state index contributed by atoms with van der Waals surface area (Å²) in [6.07, 6.45) is -0.894. The Kier molecular flexibility index (Phi) is 9.68. The van der Waals surface area contributed by atoms with E-state index < -0.39 is 50.6 Å². The van der Waals surface area contributed by atoms with Crippen molar-refractivity contribution in [2.75, 3.05) is 0 Å². The Hall–Kier alpha value is -2.89. The number of fused-ring (bicyclic) bond motifs is 2. The van der Waals surface area contributed by atoms with Gasteiger partial charge in [0.15, 0.2) is 24.8 Å². The minimum atomic E-state index is -6.52. The summed E-state index contributed by atoms with van der Waals surface area (Å²) in [5, 5.41) is -5.70. The van der Waals surface area contributed by atoms with Gasteiger partial charge in [0.2, 0.25) is 0 Å². The summed E-state index contributed by atoms with van der Waals surface area (Å²) in [6, 6.07) is 32.2. The van der Waals surface area contributed by atoms with Gasteiger partial charge >= 0.3 is 17.1 Å². The molecule has 0 radical (unpaired) electrons. The van der Waals surface area contributed by atoms with Crippen LogP contribution >= 0.6 is 0 Å². The normalized spacial score (nSPS) is 22.2. The van der Waals surface area contributed by atoms with Crippen LogP contribution in [0.2, 0.25) is 0 Å². The summed E-state index contributed by atoms with van der Waals surface area (Å²) in [6.45, 7) is 4.69. The molecule has 11 heteroatoms. The molecule has 0 heterocycles. The second-order valence-electron chi connectivity index (χ2n) is 11.9. The van der Waals surface area contributed by atoms with Gasteiger partial charge in [-0.15, -0.1) is 0 Å². The van der Waals surface area contributed by atoms with E-state index in [1.807, 2.05) is 0 Å². The molecule has 3 aromatic carbocycles. The van der Waals surface area contributed by atoms with Gasteiger partial charge in [0.1, 0.15) is 6.10 Å². The predicted molar refractivity (Wildman–Crippen MR) is 155 cm³/mol. The number of ether oxygens (including phenoxy) is 1. The predicted octanol–water partition coefficient (Wildman–Crippen LogP) is 7.55. The van der Waals surface area contributed by atoms with E-state index in [1.165, 1.54) is 14.7 Å². The molecule has 5 rings (SSSR count). The third kappa shape index (κ3) is 7.10. The Morgan fingerprint density at radius 2 is 1.19 bits per heavy atom. The molecular formula is C32H34F4O5S2. The summed E-state index contributed by atoms with van der Waals surface area (Å²) in [4.78, 5) is 16.0. The Morgan fingerprint density at radius 3 is 1.53 bits per heavy atom. The van der Waals surface area contributed by atoms with Gasteiger partial charge in [0.05, 0.1) is 16.3 Å². The second kappa shape index (κ2) is 12.6. The van der Waals surface area contributed by atoms with Crippen molar-refractivity contribution >= 4 is 27.0 Å². The molecule has 0 amide bonds. The van der Waals surface area contributed by atoms with Gasteiger partial charge in [-0.25, -0.2) is 8.42 Å². The molecule has 3 aromatic rings. The number of hydrogen-bond acceptors (Lipinski definition) is 5. The van der Waals surface area contributed by atoms with Crippen LogP contribution in [0.4, 0.5) is 17.6 Å². The van der Waals surface area contributed by atoms with E-state index >= 15 is 0 Å². The van der Waals surface area contributed by atoms with Gasteiger partial charge in [-0.1, -0.05) is 54.6 Å². The molecule has 0 saturated heterocycles. The van der Waals surface area contributed by atoms with Crippen molar-refractivity contribution < 1.29 is 40.1 Å². The minimum Gasteiger partial charge on any atom is -0.743 e. The lowest BCUT2D eigenvalue weighted by Crippen LogP contribution is -2.54. The Bertz CT molecular complexity index is 1390. The minimum absolute atomic E-state index is 0.0146. The number of rotatable bonds is 7. The molecule has 0 aromatic heterocycles. The van der Waals surface area contributed by atoms with Gasteiger partial charge < -0.3 is 9.29 Å². The topological polar surface area (TPSA) is 83.5 Å². The van der Waals surface area contributed by atoms with E-state index in [0.29, 0.717) is 0 Å². The maximum absolute atomic E-state index is 14.1. The standard InChI is InChI=1S/C18H15S.C14H20F4O5S/c1-4-10-16(11-5-1)19(17-12-6-2-7-13-17)18-14-8-3-9-15-18;1-12(2,3)11(19)23-10-6-7-4-8(10)9(5-7)13(15,16)14(17,18)24(20,21)22/h1-15H;7-10H,4-6H2,1-3H3,(H,20,21,22)/q+1;/p-1. The number of carbonyl (C=O) groups is 1. The average Bonchev–Trinajstić information content (AvgIpc) is 3.56. The van der Waals surface area contributed by atoms with Gasteiger partial charge in [0, 0.05) is 11.8 Å². The lowest BCUT2D eigenvalue weighted by Gasteiger charge is -2.38. The maximum Gasteiger partial charge on any atom is 0.396 e. The van der Waals surface area contributed by atoms with E-state index in [1.54, 1.807) is 20.8 Å². The third-order valence-electron chi connectivity index (χ3n) is 7.73. The van der Waals surface area contributed by atoms with Crippen molar-refractivity contribution in [2.45, 2.75) is 72.0 Å². The van der Waals surface area contributed by atoms with Gasteiger partial charge in [-0.3, -0.25) is 4.79 Å². The quantitative estimate of drug-likeness (QED) is 0.116. The molecule has 4 atom stereocenters. The van der Waals surface area contributed by atoms with Crippen molar-refractivity contribution in [3.8, 4) is 0 Å². The van der Waals surface area contributed by atoms with Crippen LogP contribution in [0.1, 0.15) is 40.0 Å². The van der Waals surface area contributed by atoms with Crippen LogP contribution in [0.5, 0.6) is 0 Å². The Balaban J connectivity index is 0.000000202. The summed E-state index contributed by atoms with van der Waals surface area (Å²) in [5.74, 6) is -9.14. The molecule has 43 heavy (non-hydrogen) atoms. The number of alkyl halides is 4. The zero-order chi connectivity index (χ0) is 31.6. The van der Waals surface area contributed by atoms with Gasteiger partial charge in [-0.2, -0.15) is 17.6 Å². The van der Waals surface area contributed by atoms with Gasteiger partial charge in [0.25, 0.3) is 0 Å². The molecule has 2 saturated carbocycles. The third-order valence-corrected chi connectivity index (χ3v) is 10.9. The van der Waals surface area contributed by atoms with E-state index in [4.69, 9.17) is 4.74 Å². The average molecular weight is 639 g/mol. The van der Waals surface area contributed by atoms with E-state index in [2.05, 4.69) is 91.0 Å². The molecule has 4 unspecified atom stereocenters. The SMILES string of the molecule is CC(C)(C)C(=O)OC1CC2CC1C(C(F)(F)C(F)(F)S(=O)(=O)[O-])C2.c1ccc([S+](c2ccccc2)c2ccccc2)cc1. The largest absolute Gasteiger partial charge is 0.743 e. The van der Waals surface area contributed by atoms with E-state index in [-0.39, 0.29) is 36.1 Å². The van der Waals surface area contributed by atoms with Crippen molar-refractivity contribution in [3.63, 3.8) is 0 Å². The van der Waals surface area contributed by atoms with Crippen LogP contribution in [-0.4, -0.2) is 36.2 Å². The highest BCUT2D eigenvalue weighted by atomic mass is 32.2. The second-order valence-corrected chi connectivity index (χ2v) is 15.3. The van der Waals surface area contributed by atoms with Crippen molar-refractivity contribution in [1.82, 2.24) is 0 Å². The number of esters is 1. The van der Waals surface area contributed by atoms with Crippen LogP contribution in [0.25, 0.3) is 0 Å². The molecule has 2 bridgehead atoms. The van der Waals surface area contributed by atoms with Crippen LogP contribution < -0.4 is 0 Å². The first-order valence-electron chi connectivity index (χ1n) is 13.9. The first-order chi connectivity index (χ1) is 20.0. The summed E-state index contributed by atoms with van der Waals surface area (Å²) < 4.78 is 92.2. The fourth-order valence-corrected chi connectivity index (χ4v) is 8.20.